The summed E-state index contributed by atoms with van der Waals surface area (Å²) in [6.45, 7) is 13.8. The standard InChI is InChI=1S/C35H36NS.C14H16GeN.Ir/c1-34(2,3)25-18-24(19-26(21-25)35(4,5)6)23-14-15-28-29-12-9-13-30(33(29)37-31(28)20-23)32-27-11-8-7-10-22(27)16-17-36-32;1-15(2,3)13-9-10-14(16-11-13)12-7-5-4-6-8-12;/h9,12,14-21H,7-8,10-11H2,1-6H3;4-7,9-11H,1-3H3;/q2*-1;. The molecule has 0 atom stereocenters. The van der Waals surface area contributed by atoms with Crippen LogP contribution in [-0.2, 0) is 43.8 Å². The van der Waals surface area contributed by atoms with Crippen LogP contribution in [0.3, 0.4) is 0 Å². The number of hydrogen-bond donors (Lipinski definition) is 0. The quantitative estimate of drug-likeness (QED) is 0.130. The molecule has 1 aliphatic carbocycles. The van der Waals surface area contributed by atoms with Crippen molar-refractivity contribution in [3.05, 3.63) is 138 Å². The summed E-state index contributed by atoms with van der Waals surface area (Å²) in [5.41, 5.74) is 12.9. The summed E-state index contributed by atoms with van der Waals surface area (Å²) in [5.74, 6) is 7.14. The molecule has 4 aromatic carbocycles. The first-order valence-electron chi connectivity index (χ1n) is 19.1. The van der Waals surface area contributed by atoms with Crippen LogP contribution in [0.5, 0.6) is 0 Å². The first kappa shape index (κ1) is 40.3. The first-order chi connectivity index (χ1) is 25.2. The van der Waals surface area contributed by atoms with Crippen LogP contribution in [0.2, 0.25) is 17.3 Å². The number of aryl methyl sites for hydroxylation is 1. The number of rotatable bonds is 4. The summed E-state index contributed by atoms with van der Waals surface area (Å²) in [7, 11) is 0. The molecule has 0 spiro atoms. The molecule has 0 bridgehead atoms. The zero-order valence-electron chi connectivity index (χ0n) is 33.3. The summed E-state index contributed by atoms with van der Waals surface area (Å²) in [5, 5.41) is 2.64. The van der Waals surface area contributed by atoms with Gasteiger partial charge in [0, 0.05) is 31.0 Å². The SMILES string of the molecule is CC(C)(C)c1cc(-c2ccc3c(c2)sc2c(-c4nccc5c4CCCC5)[c-]ccc23)cc(C(C)(C)C)c1.[CH3][Ge]([CH3])([CH3])[c]1ccc(-c2[c-]cccc2)nc1.[Ir]. The van der Waals surface area contributed by atoms with Gasteiger partial charge in [-0.25, -0.2) is 0 Å². The van der Waals surface area contributed by atoms with Gasteiger partial charge >= 0.3 is 99.8 Å². The van der Waals surface area contributed by atoms with Gasteiger partial charge in [0.1, 0.15) is 0 Å². The van der Waals surface area contributed by atoms with Gasteiger partial charge in [0.2, 0.25) is 0 Å². The number of pyridine rings is 2. The average Bonchev–Trinajstić information content (AvgIpc) is 3.52. The predicted octanol–water partition coefficient (Wildman–Crippen LogP) is 13.1. The van der Waals surface area contributed by atoms with Crippen molar-refractivity contribution in [2.45, 2.75) is 95.3 Å². The second-order valence-corrected chi connectivity index (χ2v) is 29.4. The average molecular weight is 966 g/mol. The molecule has 1 radical (unpaired) electrons. The fraction of sp³-hybridized carbons (Fsp3) is 0.306. The fourth-order valence-corrected chi connectivity index (χ4v) is 10.6. The maximum Gasteiger partial charge on any atom is 0 e. The normalized spacial score (nSPS) is 13.2. The van der Waals surface area contributed by atoms with Gasteiger partial charge in [-0.05, 0) is 86.7 Å². The summed E-state index contributed by atoms with van der Waals surface area (Å²) >= 11 is 0.175. The van der Waals surface area contributed by atoms with E-state index in [0.29, 0.717) is 0 Å². The fourth-order valence-electron chi connectivity index (χ4n) is 7.19. The molecular weight excluding hydrogens is 913 g/mol. The van der Waals surface area contributed by atoms with Gasteiger partial charge in [-0.15, -0.1) is 23.8 Å². The van der Waals surface area contributed by atoms with E-state index in [2.05, 4.69) is 143 Å². The molecule has 3 heterocycles. The second kappa shape index (κ2) is 16.0. The Bertz CT molecular complexity index is 2360. The van der Waals surface area contributed by atoms with Gasteiger partial charge in [0.15, 0.2) is 0 Å². The monoisotopic (exact) mass is 967 g/mol. The second-order valence-electron chi connectivity index (χ2n) is 17.7. The van der Waals surface area contributed by atoms with E-state index in [1.807, 2.05) is 48.0 Å². The Morgan fingerprint density at radius 3 is 2.07 bits per heavy atom. The molecule has 0 saturated carbocycles. The third-order valence-corrected chi connectivity index (χ3v) is 16.0. The van der Waals surface area contributed by atoms with Gasteiger partial charge in [-0.2, -0.15) is 11.3 Å². The van der Waals surface area contributed by atoms with E-state index in [9.17, 15) is 0 Å². The Labute approximate surface area is 343 Å². The smallest absolute Gasteiger partial charge is 0 e. The van der Waals surface area contributed by atoms with Crippen LogP contribution in [0.15, 0.2) is 103 Å². The van der Waals surface area contributed by atoms with Crippen LogP contribution in [0.25, 0.3) is 53.8 Å². The predicted molar refractivity (Wildman–Crippen MR) is 232 cm³/mol. The minimum absolute atomic E-state index is 0. The van der Waals surface area contributed by atoms with E-state index in [0.717, 1.165) is 23.4 Å². The summed E-state index contributed by atoms with van der Waals surface area (Å²) < 4.78 is 4.08. The van der Waals surface area contributed by atoms with Crippen molar-refractivity contribution in [3.8, 4) is 33.6 Å². The zero-order chi connectivity index (χ0) is 37.5. The molecule has 0 fully saturated rings. The van der Waals surface area contributed by atoms with Gasteiger partial charge in [0.25, 0.3) is 0 Å². The number of fused-ring (bicyclic) bond motifs is 4. The molecule has 0 aliphatic heterocycles. The molecule has 8 rings (SSSR count). The van der Waals surface area contributed by atoms with Crippen molar-refractivity contribution in [3.63, 3.8) is 0 Å². The first-order valence-corrected chi connectivity index (χ1v) is 27.3. The molecule has 0 saturated heterocycles. The van der Waals surface area contributed by atoms with E-state index in [4.69, 9.17) is 4.98 Å². The van der Waals surface area contributed by atoms with Crippen molar-refractivity contribution >= 4 is 49.2 Å². The molecule has 1 aliphatic rings. The summed E-state index contributed by atoms with van der Waals surface area (Å²) in [6.07, 6.45) is 8.85. The van der Waals surface area contributed by atoms with Crippen molar-refractivity contribution in [1.82, 2.24) is 9.97 Å². The van der Waals surface area contributed by atoms with Crippen molar-refractivity contribution in [2.24, 2.45) is 0 Å². The molecular formula is C49H52GeIrN2S-2. The van der Waals surface area contributed by atoms with E-state index < -0.39 is 13.3 Å². The van der Waals surface area contributed by atoms with Gasteiger partial charge in [0.05, 0.1) is 0 Å². The van der Waals surface area contributed by atoms with Crippen molar-refractivity contribution in [1.29, 1.82) is 0 Å². The Kier molecular flexibility index (Phi) is 11.9. The molecule has 7 aromatic rings. The molecule has 0 amide bonds. The molecule has 54 heavy (non-hydrogen) atoms. The van der Waals surface area contributed by atoms with Crippen LogP contribution < -0.4 is 4.40 Å². The van der Waals surface area contributed by atoms with Crippen LogP contribution in [0.1, 0.15) is 76.6 Å². The van der Waals surface area contributed by atoms with Gasteiger partial charge < -0.3 is 4.98 Å². The zero-order valence-corrected chi connectivity index (χ0v) is 38.6. The number of hydrogen-bond acceptors (Lipinski definition) is 3. The maximum absolute atomic E-state index is 4.89. The van der Waals surface area contributed by atoms with Crippen molar-refractivity contribution in [2.75, 3.05) is 0 Å². The minimum atomic E-state index is -1.72. The number of nitrogens with zero attached hydrogens (tertiary/aromatic N) is 2. The maximum atomic E-state index is 4.89. The van der Waals surface area contributed by atoms with E-state index in [1.54, 1.807) is 0 Å². The number of aromatic nitrogens is 2. The Hall–Kier alpha value is -3.41. The Morgan fingerprint density at radius 1 is 0.685 bits per heavy atom. The molecule has 279 valence electrons. The van der Waals surface area contributed by atoms with Crippen molar-refractivity contribution < 1.29 is 20.1 Å². The molecule has 2 nitrogen and oxygen atoms in total. The molecule has 0 unspecified atom stereocenters. The van der Waals surface area contributed by atoms with Crippen LogP contribution >= 0.6 is 11.3 Å². The van der Waals surface area contributed by atoms with Gasteiger partial charge in [-0.1, -0.05) is 88.4 Å². The van der Waals surface area contributed by atoms with Gasteiger partial charge in [-0.3, -0.25) is 0 Å². The van der Waals surface area contributed by atoms with Crippen LogP contribution in [-0.4, -0.2) is 23.2 Å². The summed E-state index contributed by atoms with van der Waals surface area (Å²) in [4.78, 5) is 9.42. The molecule has 0 N–H and O–H groups in total. The van der Waals surface area contributed by atoms with Crippen LogP contribution in [0, 0.1) is 12.1 Å². The topological polar surface area (TPSA) is 25.8 Å². The van der Waals surface area contributed by atoms with Crippen LogP contribution in [0.4, 0.5) is 0 Å². The third-order valence-electron chi connectivity index (χ3n) is 10.6. The number of benzene rings is 4. The minimum Gasteiger partial charge on any atom is 0 e. The van der Waals surface area contributed by atoms with E-state index in [-0.39, 0.29) is 30.9 Å². The third kappa shape index (κ3) is 8.68. The molecule has 5 heteroatoms. The van der Waals surface area contributed by atoms with E-state index in [1.165, 1.54) is 82.8 Å². The summed E-state index contributed by atoms with van der Waals surface area (Å²) in [6, 6.07) is 39.8. The largest absolute Gasteiger partial charge is 0 e. The van der Waals surface area contributed by atoms with E-state index >= 15 is 0 Å². The number of thiophene rings is 1. The molecule has 3 aromatic heterocycles. The Balaban J connectivity index is 0.000000246. The Morgan fingerprint density at radius 2 is 1.43 bits per heavy atom.